The Bertz CT molecular complexity index is 95.4. The molecular weight excluding hydrogens is 124 g/mol. The summed E-state index contributed by atoms with van der Waals surface area (Å²) in [5.74, 6) is 0. The number of hydrogen-bond donors (Lipinski definition) is 1. The van der Waals surface area contributed by atoms with E-state index in [1.165, 1.54) is 0 Å². The van der Waals surface area contributed by atoms with Crippen molar-refractivity contribution in [3.05, 3.63) is 12.2 Å². The molecule has 0 aliphatic heterocycles. The topological polar surface area (TPSA) is 24.4 Å². The van der Waals surface area contributed by atoms with Crippen molar-refractivity contribution in [1.82, 2.24) is 5.32 Å². The molecule has 0 aliphatic carbocycles. The molecule has 0 rings (SSSR count). The molecule has 2 nitrogen and oxygen atoms in total. The Kier molecular flexibility index (Phi) is 13.2. The summed E-state index contributed by atoms with van der Waals surface area (Å²) in [6.07, 6.45) is 1.66. The van der Waals surface area contributed by atoms with E-state index in [2.05, 4.69) is 16.9 Å². The van der Waals surface area contributed by atoms with Gasteiger partial charge in [-0.3, -0.25) is 4.99 Å². The lowest BCUT2D eigenvalue weighted by Gasteiger charge is -1.94. The van der Waals surface area contributed by atoms with Crippen molar-refractivity contribution in [1.29, 1.82) is 0 Å². The van der Waals surface area contributed by atoms with E-state index in [4.69, 9.17) is 0 Å². The van der Waals surface area contributed by atoms with Gasteiger partial charge in [0.05, 0.1) is 6.34 Å². The first-order chi connectivity index (χ1) is 4.77. The number of aliphatic imine (C=N–C) groups is 1. The second-order valence-electron chi connectivity index (χ2n) is 1.73. The van der Waals surface area contributed by atoms with Gasteiger partial charge >= 0.3 is 0 Å². The number of rotatable bonds is 3. The minimum absolute atomic E-state index is 0.817. The lowest BCUT2D eigenvalue weighted by atomic mass is 10.4. The van der Waals surface area contributed by atoms with Gasteiger partial charge in [-0.05, 0) is 6.92 Å². The average Bonchev–Trinajstić information content (AvgIpc) is 1.92. The Morgan fingerprint density at radius 1 is 1.60 bits per heavy atom. The highest BCUT2D eigenvalue weighted by Gasteiger charge is 1.76. The third-order valence-corrected chi connectivity index (χ3v) is 0.624. The molecule has 10 heavy (non-hydrogen) atoms. The molecule has 0 saturated heterocycles. The van der Waals surface area contributed by atoms with E-state index in [0.717, 1.165) is 12.1 Å². The van der Waals surface area contributed by atoms with Crippen molar-refractivity contribution < 1.29 is 0 Å². The van der Waals surface area contributed by atoms with Gasteiger partial charge < -0.3 is 5.32 Å². The van der Waals surface area contributed by atoms with Gasteiger partial charge in [0.2, 0.25) is 0 Å². The summed E-state index contributed by atoms with van der Waals surface area (Å²) in [5, 5.41) is 2.94. The van der Waals surface area contributed by atoms with Crippen LogP contribution < -0.4 is 5.32 Å². The van der Waals surface area contributed by atoms with Crippen LogP contribution in [0.3, 0.4) is 0 Å². The summed E-state index contributed by atoms with van der Waals surface area (Å²) >= 11 is 0. The zero-order chi connectivity index (χ0) is 8.41. The fourth-order valence-corrected chi connectivity index (χ4v) is 0.311. The zero-order valence-corrected chi connectivity index (χ0v) is 7.44. The summed E-state index contributed by atoms with van der Waals surface area (Å²) in [6.45, 7) is 10.5. The second-order valence-corrected chi connectivity index (χ2v) is 1.73. The molecule has 60 valence electrons. The van der Waals surface area contributed by atoms with E-state index in [1.54, 1.807) is 13.4 Å². The van der Waals surface area contributed by atoms with Gasteiger partial charge in [-0.25, -0.2) is 0 Å². The van der Waals surface area contributed by atoms with Crippen LogP contribution in [0.2, 0.25) is 0 Å². The molecule has 0 aromatic heterocycles. The maximum absolute atomic E-state index is 3.73. The van der Waals surface area contributed by atoms with Gasteiger partial charge in [-0.15, -0.1) is 0 Å². The summed E-state index contributed by atoms with van der Waals surface area (Å²) in [6, 6.07) is 0. The molecule has 0 aromatic rings. The molecule has 0 aliphatic rings. The maximum atomic E-state index is 3.73. The van der Waals surface area contributed by atoms with Crippen molar-refractivity contribution in [3.63, 3.8) is 0 Å². The van der Waals surface area contributed by atoms with E-state index in [-0.39, 0.29) is 0 Å². The van der Waals surface area contributed by atoms with Crippen LogP contribution in [0.5, 0.6) is 0 Å². The van der Waals surface area contributed by atoms with Crippen LogP contribution in [0.4, 0.5) is 0 Å². The number of hydrogen-bond acceptors (Lipinski definition) is 1. The van der Waals surface area contributed by atoms with Crippen LogP contribution in [0.25, 0.3) is 0 Å². The van der Waals surface area contributed by atoms with Gasteiger partial charge in [-0.2, -0.15) is 0 Å². The molecule has 0 aromatic carbocycles. The summed E-state index contributed by atoms with van der Waals surface area (Å²) < 4.78 is 0. The largest absolute Gasteiger partial charge is 0.373 e. The van der Waals surface area contributed by atoms with Crippen LogP contribution in [0, 0.1) is 0 Å². The van der Waals surface area contributed by atoms with E-state index in [9.17, 15) is 0 Å². The van der Waals surface area contributed by atoms with Crippen molar-refractivity contribution >= 4 is 6.34 Å². The van der Waals surface area contributed by atoms with E-state index in [1.807, 2.05) is 20.8 Å². The molecule has 0 unspecified atom stereocenters. The summed E-state index contributed by atoms with van der Waals surface area (Å²) in [7, 11) is 1.73. The van der Waals surface area contributed by atoms with Crippen molar-refractivity contribution in [3.8, 4) is 0 Å². The Hall–Kier alpha value is -0.790. The standard InChI is InChI=1S/C6H12N2.C2H6/c1-6(2)4-8-5-7-3;1-2/h5H,1,4H2,2-3H3,(H,7,8);1-2H3. The lowest BCUT2D eigenvalue weighted by molar-refractivity contribution is 1.00. The Labute approximate surface area is 64.1 Å². The molecule has 1 N–H and O–H groups in total. The first-order valence-electron chi connectivity index (χ1n) is 3.55. The molecule has 0 radical (unpaired) electrons. The van der Waals surface area contributed by atoms with Gasteiger partial charge in [0.25, 0.3) is 0 Å². The van der Waals surface area contributed by atoms with Gasteiger partial charge in [0.15, 0.2) is 0 Å². The van der Waals surface area contributed by atoms with Crippen LogP contribution in [0.1, 0.15) is 20.8 Å². The molecule has 0 bridgehead atoms. The minimum Gasteiger partial charge on any atom is -0.373 e. The first kappa shape index (κ1) is 11.9. The minimum atomic E-state index is 0.817. The molecule has 0 heterocycles. The van der Waals surface area contributed by atoms with Crippen LogP contribution in [-0.2, 0) is 0 Å². The second kappa shape index (κ2) is 11.1. The van der Waals surface area contributed by atoms with E-state index in [0.29, 0.717) is 0 Å². The Morgan fingerprint density at radius 2 is 2.10 bits per heavy atom. The highest BCUT2D eigenvalue weighted by Crippen LogP contribution is 1.78. The molecule has 0 atom stereocenters. The normalized spacial score (nSPS) is 8.40. The third-order valence-electron chi connectivity index (χ3n) is 0.624. The molecule has 2 heteroatoms. The van der Waals surface area contributed by atoms with Crippen molar-refractivity contribution in [2.45, 2.75) is 20.8 Å². The molecule has 0 amide bonds. The smallest absolute Gasteiger partial charge is 0.0822 e. The van der Waals surface area contributed by atoms with Gasteiger partial charge in [0, 0.05) is 13.6 Å². The van der Waals surface area contributed by atoms with Gasteiger partial charge in [-0.1, -0.05) is 26.0 Å². The van der Waals surface area contributed by atoms with E-state index >= 15 is 0 Å². The quantitative estimate of drug-likeness (QED) is 0.363. The van der Waals surface area contributed by atoms with Crippen molar-refractivity contribution in [2.24, 2.45) is 4.99 Å². The highest BCUT2D eigenvalue weighted by molar-refractivity contribution is 5.54. The first-order valence-corrected chi connectivity index (χ1v) is 3.55. The Balaban J connectivity index is 0. The highest BCUT2D eigenvalue weighted by atomic mass is 14.9. The molecule has 0 saturated carbocycles. The number of nitrogens with one attached hydrogen (secondary N) is 1. The summed E-state index contributed by atoms with van der Waals surface area (Å²) in [4.78, 5) is 3.73. The predicted molar refractivity (Wildman–Crippen MR) is 48.6 cm³/mol. The molecule has 0 fully saturated rings. The molecular formula is C8H18N2. The Morgan fingerprint density at radius 3 is 2.40 bits per heavy atom. The van der Waals surface area contributed by atoms with Gasteiger partial charge in [0.1, 0.15) is 0 Å². The number of nitrogens with zero attached hydrogens (tertiary/aromatic N) is 1. The fraction of sp³-hybridized carbons (Fsp3) is 0.625. The van der Waals surface area contributed by atoms with Crippen LogP contribution >= 0.6 is 0 Å². The van der Waals surface area contributed by atoms with E-state index < -0.39 is 0 Å². The molecule has 0 spiro atoms. The van der Waals surface area contributed by atoms with Crippen molar-refractivity contribution in [2.75, 3.05) is 13.6 Å². The SMILES string of the molecule is C=C(C)CNC=NC.CC. The van der Waals surface area contributed by atoms with Crippen LogP contribution in [-0.4, -0.2) is 19.9 Å². The fourth-order valence-electron chi connectivity index (χ4n) is 0.311. The lowest BCUT2D eigenvalue weighted by Crippen LogP contribution is -2.12. The van der Waals surface area contributed by atoms with Crippen LogP contribution in [0.15, 0.2) is 17.1 Å². The zero-order valence-electron chi connectivity index (χ0n) is 7.44. The predicted octanol–water partition coefficient (Wildman–Crippen LogP) is 1.84. The summed E-state index contributed by atoms with van der Waals surface area (Å²) in [5.41, 5.74) is 1.12. The maximum Gasteiger partial charge on any atom is 0.0822 e. The average molecular weight is 142 g/mol. The monoisotopic (exact) mass is 142 g/mol. The third kappa shape index (κ3) is 15.7.